The smallest absolute Gasteiger partial charge is 0.338 e. The summed E-state index contributed by atoms with van der Waals surface area (Å²) in [5.41, 5.74) is -1.41. The second-order valence-corrected chi connectivity index (χ2v) is 7.19. The number of hydrogen-bond donors (Lipinski definition) is 0. The lowest BCUT2D eigenvalue weighted by Crippen LogP contribution is -2.26. The Hall–Kier alpha value is -3.09. The molecule has 0 aliphatic carbocycles. The Kier molecular flexibility index (Phi) is 5.97. The van der Waals surface area contributed by atoms with Crippen LogP contribution in [0.1, 0.15) is 27.7 Å². The summed E-state index contributed by atoms with van der Waals surface area (Å²) in [6.07, 6.45) is 0. The third-order valence-electron chi connectivity index (χ3n) is 3.65. The monoisotopic (exact) mass is 392 g/mol. The normalized spacial score (nSPS) is 11.1. The molecule has 0 atom stereocenters. The molecular formula is C21H19F3O4. The molecule has 0 fully saturated rings. The van der Waals surface area contributed by atoms with Crippen molar-refractivity contribution in [2.45, 2.75) is 27.7 Å². The average molecular weight is 392 g/mol. The minimum Gasteiger partial charge on any atom is -0.423 e. The van der Waals surface area contributed by atoms with E-state index < -0.39 is 40.6 Å². The first-order valence-electron chi connectivity index (χ1n) is 8.29. The van der Waals surface area contributed by atoms with E-state index in [4.69, 9.17) is 9.47 Å². The molecule has 2 aromatic carbocycles. The molecule has 0 bridgehead atoms. The topological polar surface area (TPSA) is 52.6 Å². The van der Waals surface area contributed by atoms with E-state index in [0.717, 1.165) is 24.3 Å². The molecule has 0 radical (unpaired) electrons. The summed E-state index contributed by atoms with van der Waals surface area (Å²) in [5.74, 6) is -5.89. The highest BCUT2D eigenvalue weighted by Crippen LogP contribution is 2.33. The number of esters is 2. The molecular weight excluding hydrogens is 373 g/mol. The summed E-state index contributed by atoms with van der Waals surface area (Å²) in [6, 6.07) is 5.41. The lowest BCUT2D eigenvalue weighted by Gasteiger charge is -2.17. The zero-order valence-electron chi connectivity index (χ0n) is 15.9. The van der Waals surface area contributed by atoms with Crippen LogP contribution >= 0.6 is 0 Å². The molecule has 0 heterocycles. The average Bonchev–Trinajstić information content (AvgIpc) is 2.59. The van der Waals surface area contributed by atoms with Crippen molar-refractivity contribution in [2.24, 2.45) is 5.41 Å². The Morgan fingerprint density at radius 3 is 2.07 bits per heavy atom. The third-order valence-corrected chi connectivity index (χ3v) is 3.65. The molecule has 2 aromatic rings. The molecule has 7 heteroatoms. The van der Waals surface area contributed by atoms with Crippen LogP contribution < -0.4 is 9.47 Å². The summed E-state index contributed by atoms with van der Waals surface area (Å²) in [4.78, 5) is 23.3. The van der Waals surface area contributed by atoms with Gasteiger partial charge in [-0.2, -0.15) is 4.39 Å². The van der Waals surface area contributed by atoms with Gasteiger partial charge in [0, 0.05) is 22.8 Å². The quantitative estimate of drug-likeness (QED) is 0.408. The van der Waals surface area contributed by atoms with Crippen molar-refractivity contribution in [2.75, 3.05) is 0 Å². The summed E-state index contributed by atoms with van der Waals surface area (Å²) in [6.45, 7) is 9.53. The minimum atomic E-state index is -1.41. The number of hydrogen-bond acceptors (Lipinski definition) is 4. The van der Waals surface area contributed by atoms with E-state index in [9.17, 15) is 22.8 Å². The van der Waals surface area contributed by atoms with Crippen molar-refractivity contribution in [3.05, 3.63) is 59.9 Å². The number of rotatable bonds is 4. The molecule has 0 amide bonds. The van der Waals surface area contributed by atoms with Gasteiger partial charge in [0.1, 0.15) is 11.6 Å². The van der Waals surface area contributed by atoms with E-state index in [1.165, 1.54) is 13.0 Å². The van der Waals surface area contributed by atoms with Gasteiger partial charge in [0.25, 0.3) is 0 Å². The summed E-state index contributed by atoms with van der Waals surface area (Å²) < 4.78 is 52.9. The molecule has 2 rings (SSSR count). The van der Waals surface area contributed by atoms with Crippen molar-refractivity contribution < 1.29 is 32.2 Å². The molecule has 0 spiro atoms. The number of carbonyl (C=O) groups is 2. The van der Waals surface area contributed by atoms with Gasteiger partial charge in [0.2, 0.25) is 5.82 Å². The highest BCUT2D eigenvalue weighted by molar-refractivity contribution is 5.88. The van der Waals surface area contributed by atoms with Crippen molar-refractivity contribution in [3.8, 4) is 22.6 Å². The van der Waals surface area contributed by atoms with Gasteiger partial charge in [-0.25, -0.2) is 13.6 Å². The molecule has 148 valence electrons. The molecule has 0 unspecified atom stereocenters. The highest BCUT2D eigenvalue weighted by Gasteiger charge is 2.26. The lowest BCUT2D eigenvalue weighted by molar-refractivity contribution is -0.143. The minimum absolute atomic E-state index is 0.106. The van der Waals surface area contributed by atoms with Gasteiger partial charge in [0.15, 0.2) is 11.6 Å². The van der Waals surface area contributed by atoms with E-state index in [2.05, 4.69) is 6.58 Å². The standard InChI is InChI=1S/C21H19F3O4/c1-11(2)19(25)27-12-6-7-13(15(22)10-12)14-8-9-16(18(24)17(14)23)28-20(26)21(3,4)5/h6-10H,1H2,2-5H3. The molecule has 0 aromatic heterocycles. The second kappa shape index (κ2) is 7.88. The van der Waals surface area contributed by atoms with Gasteiger partial charge >= 0.3 is 11.9 Å². The zero-order valence-corrected chi connectivity index (χ0v) is 15.9. The Labute approximate surface area is 160 Å². The van der Waals surface area contributed by atoms with Gasteiger partial charge in [-0.1, -0.05) is 6.58 Å². The third kappa shape index (κ3) is 4.60. The molecule has 0 saturated heterocycles. The van der Waals surface area contributed by atoms with Gasteiger partial charge in [0.05, 0.1) is 5.41 Å². The van der Waals surface area contributed by atoms with Crippen LogP contribution in [0.15, 0.2) is 42.5 Å². The predicted molar refractivity (Wildman–Crippen MR) is 97.3 cm³/mol. The van der Waals surface area contributed by atoms with E-state index >= 15 is 0 Å². The summed E-state index contributed by atoms with van der Waals surface area (Å²) in [7, 11) is 0. The fourth-order valence-corrected chi connectivity index (χ4v) is 2.04. The fraction of sp³-hybridized carbons (Fsp3) is 0.238. The molecule has 0 N–H and O–H groups in total. The van der Waals surface area contributed by atoms with E-state index in [0.29, 0.717) is 0 Å². The lowest BCUT2D eigenvalue weighted by atomic mass is 9.97. The van der Waals surface area contributed by atoms with Crippen LogP contribution in [0, 0.1) is 22.9 Å². The summed E-state index contributed by atoms with van der Waals surface area (Å²) in [5, 5.41) is 0. The molecule has 4 nitrogen and oxygen atoms in total. The van der Waals surface area contributed by atoms with Crippen LogP contribution in [-0.2, 0) is 9.59 Å². The Balaban J connectivity index is 2.36. The maximum atomic E-state index is 14.5. The molecule has 28 heavy (non-hydrogen) atoms. The van der Waals surface area contributed by atoms with Crippen LogP contribution in [0.2, 0.25) is 0 Å². The highest BCUT2D eigenvalue weighted by atomic mass is 19.2. The molecule has 0 aliphatic rings. The van der Waals surface area contributed by atoms with Crippen molar-refractivity contribution >= 4 is 11.9 Å². The first kappa shape index (κ1) is 21.2. The van der Waals surface area contributed by atoms with Gasteiger partial charge in [-0.05, 0) is 52.0 Å². The van der Waals surface area contributed by atoms with Crippen LogP contribution in [0.3, 0.4) is 0 Å². The number of halogens is 3. The number of ether oxygens (including phenoxy) is 2. The van der Waals surface area contributed by atoms with Gasteiger partial charge < -0.3 is 9.47 Å². The van der Waals surface area contributed by atoms with E-state index in [1.54, 1.807) is 20.8 Å². The Bertz CT molecular complexity index is 959. The van der Waals surface area contributed by atoms with Crippen LogP contribution in [0.25, 0.3) is 11.1 Å². The van der Waals surface area contributed by atoms with Crippen molar-refractivity contribution in [1.82, 2.24) is 0 Å². The number of carbonyl (C=O) groups excluding carboxylic acids is 2. The number of benzene rings is 2. The van der Waals surface area contributed by atoms with Gasteiger partial charge in [-0.15, -0.1) is 0 Å². The maximum absolute atomic E-state index is 14.5. The van der Waals surface area contributed by atoms with Crippen LogP contribution in [0.5, 0.6) is 11.5 Å². The Morgan fingerprint density at radius 2 is 1.54 bits per heavy atom. The van der Waals surface area contributed by atoms with E-state index in [1.807, 2.05) is 0 Å². The molecule has 0 aliphatic heterocycles. The Morgan fingerprint density at radius 1 is 0.929 bits per heavy atom. The second-order valence-electron chi connectivity index (χ2n) is 7.19. The first-order valence-corrected chi connectivity index (χ1v) is 8.29. The predicted octanol–water partition coefficient (Wildman–Crippen LogP) is 5.20. The van der Waals surface area contributed by atoms with Crippen molar-refractivity contribution in [3.63, 3.8) is 0 Å². The first-order chi connectivity index (χ1) is 12.9. The molecule has 0 saturated carbocycles. The van der Waals surface area contributed by atoms with Gasteiger partial charge in [-0.3, -0.25) is 4.79 Å². The van der Waals surface area contributed by atoms with Crippen LogP contribution in [0.4, 0.5) is 13.2 Å². The fourth-order valence-electron chi connectivity index (χ4n) is 2.04. The maximum Gasteiger partial charge on any atom is 0.338 e. The largest absolute Gasteiger partial charge is 0.423 e. The van der Waals surface area contributed by atoms with Crippen molar-refractivity contribution in [1.29, 1.82) is 0 Å². The van der Waals surface area contributed by atoms with Crippen LogP contribution in [-0.4, -0.2) is 11.9 Å². The zero-order chi connectivity index (χ0) is 21.2. The van der Waals surface area contributed by atoms with E-state index in [-0.39, 0.29) is 22.4 Å². The SMILES string of the molecule is C=C(C)C(=O)Oc1ccc(-c2ccc(OC(=O)C(C)(C)C)c(F)c2F)c(F)c1. The summed E-state index contributed by atoms with van der Waals surface area (Å²) >= 11 is 0.